The predicted octanol–water partition coefficient (Wildman–Crippen LogP) is 5.27. The second-order valence-electron chi connectivity index (χ2n) is 13.6. The van der Waals surface area contributed by atoms with E-state index in [1.807, 2.05) is 49.8 Å². The summed E-state index contributed by atoms with van der Waals surface area (Å²) in [5, 5.41) is 20.3. The Bertz CT molecular complexity index is 2260. The summed E-state index contributed by atoms with van der Waals surface area (Å²) in [7, 11) is -6.06. The zero-order valence-corrected chi connectivity index (χ0v) is 31.7. The highest BCUT2D eigenvalue weighted by Crippen LogP contribution is 2.48. The first-order valence-corrected chi connectivity index (χ1v) is 20.8. The number of fused-ring (bicyclic) bond motifs is 2. The van der Waals surface area contributed by atoms with Gasteiger partial charge in [-0.1, -0.05) is 44.1 Å². The maximum Gasteiger partial charge on any atom is 0.333 e. The number of rotatable bonds is 12. The predicted molar refractivity (Wildman–Crippen MR) is 197 cm³/mol. The number of aromatic hydroxyl groups is 2. The van der Waals surface area contributed by atoms with Crippen molar-refractivity contribution in [2.24, 2.45) is 7.05 Å². The Labute approximate surface area is 307 Å². The summed E-state index contributed by atoms with van der Waals surface area (Å²) in [5.41, 5.74) is 2.74. The fourth-order valence-corrected chi connectivity index (χ4v) is 10.1. The van der Waals surface area contributed by atoms with E-state index in [2.05, 4.69) is 4.90 Å². The van der Waals surface area contributed by atoms with E-state index >= 15 is 0 Å². The van der Waals surface area contributed by atoms with E-state index in [0.29, 0.717) is 48.5 Å². The highest BCUT2D eigenvalue weighted by molar-refractivity contribution is 7.89. The molecule has 0 atom stereocenters. The highest BCUT2D eigenvalue weighted by atomic mass is 32.2. The van der Waals surface area contributed by atoms with Gasteiger partial charge in [0.2, 0.25) is 27.3 Å². The summed E-state index contributed by atoms with van der Waals surface area (Å²) in [6.45, 7) is 5.62. The topological polar surface area (TPSA) is 171 Å². The number of benzene rings is 2. The molecule has 2 aliphatic rings. The minimum Gasteiger partial charge on any atom is -0.492 e. The minimum absolute atomic E-state index is 0.0696. The molecular weight excluding hydrogens is 729 g/mol. The van der Waals surface area contributed by atoms with Gasteiger partial charge >= 0.3 is 5.97 Å². The lowest BCUT2D eigenvalue weighted by atomic mass is 9.83. The van der Waals surface area contributed by atoms with Gasteiger partial charge in [-0.25, -0.2) is 13.2 Å². The standard InChI is InChI=1S/C36H42N4O9S3/c1-36(2)27-23-26(52(46,47)48)15-16-28(27)39(22-9-4-6-13-35(43)49-40-32(41)18-19-33(40)42)31(36)11-10-12-34-37(3)29-17-14-25(24-30(29)50-34)51(44,45)38-20-7-5-8-21-38/h10-12,14-19,23-24H,4-9,13,20-22H2,1-3H3,(H2-,41,42,46,47,48)/p+1. The summed E-state index contributed by atoms with van der Waals surface area (Å²) in [4.78, 5) is 19.6. The van der Waals surface area contributed by atoms with E-state index in [-0.39, 0.29) is 23.1 Å². The average molecular weight is 772 g/mol. The summed E-state index contributed by atoms with van der Waals surface area (Å²) in [6, 6.07) is 12.3. The van der Waals surface area contributed by atoms with E-state index in [1.165, 1.54) is 35.6 Å². The molecule has 3 N–H and O–H groups in total. The van der Waals surface area contributed by atoms with Gasteiger partial charge in [-0.2, -0.15) is 17.3 Å². The van der Waals surface area contributed by atoms with E-state index in [4.69, 9.17) is 4.84 Å². The Morgan fingerprint density at radius 3 is 2.33 bits per heavy atom. The molecular formula is C36H43N4O9S3+. The molecule has 0 spiro atoms. The molecule has 1 saturated heterocycles. The molecule has 4 heterocycles. The van der Waals surface area contributed by atoms with E-state index < -0.39 is 31.5 Å². The van der Waals surface area contributed by atoms with Crippen LogP contribution >= 0.6 is 11.3 Å². The van der Waals surface area contributed by atoms with Crippen molar-refractivity contribution in [1.82, 2.24) is 9.04 Å². The van der Waals surface area contributed by atoms with E-state index in [1.54, 1.807) is 22.5 Å². The summed E-state index contributed by atoms with van der Waals surface area (Å²) in [6.07, 6.45) is 10.5. The molecule has 0 unspecified atom stereocenters. The highest BCUT2D eigenvalue weighted by Gasteiger charge is 2.40. The zero-order chi connectivity index (χ0) is 37.4. The third kappa shape index (κ3) is 7.48. The number of allylic oxidation sites excluding steroid dienone is 3. The number of sulfonamides is 1. The molecule has 4 aromatic rings. The molecule has 0 radical (unpaired) electrons. The maximum absolute atomic E-state index is 13.3. The number of anilines is 1. The van der Waals surface area contributed by atoms with Crippen LogP contribution in [0.2, 0.25) is 0 Å². The number of piperidine rings is 1. The second kappa shape index (κ2) is 14.7. The first kappa shape index (κ1) is 37.5. The first-order valence-electron chi connectivity index (χ1n) is 17.1. The third-order valence-electron chi connectivity index (χ3n) is 9.70. The molecule has 0 aliphatic carbocycles. The second-order valence-corrected chi connectivity index (χ2v) is 18.0. The number of carbonyl (C=O) groups is 1. The monoisotopic (exact) mass is 771 g/mol. The maximum atomic E-state index is 13.3. The number of hydrogen-bond acceptors (Lipinski definition) is 10. The van der Waals surface area contributed by atoms with Gasteiger partial charge < -0.3 is 20.0 Å². The van der Waals surface area contributed by atoms with Crippen LogP contribution < -0.4 is 14.3 Å². The van der Waals surface area contributed by atoms with Crippen molar-refractivity contribution < 1.29 is 45.8 Å². The quantitative estimate of drug-likeness (QED) is 0.0980. The molecule has 52 heavy (non-hydrogen) atoms. The zero-order valence-electron chi connectivity index (χ0n) is 29.2. The number of thiazole rings is 1. The lowest BCUT2D eigenvalue weighted by molar-refractivity contribution is -0.642. The molecule has 6 rings (SSSR count). The lowest BCUT2D eigenvalue weighted by Crippen LogP contribution is -2.35. The Hall–Kier alpha value is -4.22. The number of carbonyl (C=O) groups excluding carboxylic acids is 1. The van der Waals surface area contributed by atoms with Crippen molar-refractivity contribution in [3.63, 3.8) is 0 Å². The number of unbranched alkanes of at least 4 members (excludes halogenated alkanes) is 2. The molecule has 13 nitrogen and oxygen atoms in total. The summed E-state index contributed by atoms with van der Waals surface area (Å²) < 4.78 is 65.7. The van der Waals surface area contributed by atoms with E-state index in [9.17, 15) is 36.4 Å². The SMILES string of the molecule is C[n+]1c(C=CC=C2N(CCCCCC(=O)On3c(O)ccc3O)c3ccc(S(=O)(=O)O)cc3C2(C)C)sc2cc(S(=O)(=O)N3CCCCC3)ccc21. The van der Waals surface area contributed by atoms with Crippen molar-refractivity contribution >= 4 is 59.4 Å². The molecule has 0 amide bonds. The van der Waals surface area contributed by atoms with Gasteiger partial charge in [0.15, 0.2) is 0 Å². The average Bonchev–Trinajstić information content (AvgIpc) is 3.67. The molecule has 16 heteroatoms. The van der Waals surface area contributed by atoms with Crippen LogP contribution in [-0.4, -0.2) is 66.2 Å². The van der Waals surface area contributed by atoms with Crippen molar-refractivity contribution in [3.05, 3.63) is 77.0 Å². The smallest absolute Gasteiger partial charge is 0.333 e. The van der Waals surface area contributed by atoms with Crippen molar-refractivity contribution in [1.29, 1.82) is 0 Å². The molecule has 0 saturated carbocycles. The van der Waals surface area contributed by atoms with Crippen LogP contribution in [0.15, 0.2) is 76.2 Å². The van der Waals surface area contributed by atoms with Gasteiger partial charge in [-0.3, -0.25) is 4.55 Å². The van der Waals surface area contributed by atoms with Gasteiger partial charge in [0.1, 0.15) is 11.7 Å². The molecule has 2 aromatic carbocycles. The van der Waals surface area contributed by atoms with Crippen LogP contribution in [0.1, 0.15) is 69.4 Å². The van der Waals surface area contributed by atoms with Crippen LogP contribution in [0.25, 0.3) is 16.3 Å². The van der Waals surface area contributed by atoms with Gasteiger partial charge in [0, 0.05) is 67.1 Å². The normalized spacial score (nSPS) is 17.4. The van der Waals surface area contributed by atoms with E-state index in [0.717, 1.165) is 51.4 Å². The minimum atomic E-state index is -4.43. The fraction of sp³-hybridized carbons (Fsp3) is 0.389. The van der Waals surface area contributed by atoms with Crippen LogP contribution in [0.3, 0.4) is 0 Å². The number of hydrogen-bond donors (Lipinski definition) is 3. The van der Waals surface area contributed by atoms with Gasteiger partial charge in [0.05, 0.1) is 9.79 Å². The fourth-order valence-electron chi connectivity index (χ4n) is 6.85. The largest absolute Gasteiger partial charge is 0.492 e. The Morgan fingerprint density at radius 2 is 1.63 bits per heavy atom. The molecule has 1 fully saturated rings. The summed E-state index contributed by atoms with van der Waals surface area (Å²) in [5.74, 6) is -1.38. The number of aromatic nitrogens is 2. The molecule has 2 aromatic heterocycles. The third-order valence-corrected chi connectivity index (χ3v) is 13.6. The lowest BCUT2D eigenvalue weighted by Gasteiger charge is -2.27. The number of aryl methyl sites for hydroxylation is 1. The molecule has 0 bridgehead atoms. The van der Waals surface area contributed by atoms with Crippen LogP contribution in [-0.2, 0) is 37.4 Å². The van der Waals surface area contributed by atoms with Crippen LogP contribution in [0.4, 0.5) is 5.69 Å². The molecule has 2 aliphatic heterocycles. The van der Waals surface area contributed by atoms with Crippen LogP contribution in [0, 0.1) is 0 Å². The van der Waals surface area contributed by atoms with Crippen molar-refractivity contribution in [3.8, 4) is 11.8 Å². The van der Waals surface area contributed by atoms with Crippen LogP contribution in [0.5, 0.6) is 11.8 Å². The first-order chi connectivity index (χ1) is 24.6. The van der Waals surface area contributed by atoms with Crippen molar-refractivity contribution in [2.75, 3.05) is 24.5 Å². The Balaban J connectivity index is 1.21. The van der Waals surface area contributed by atoms with Gasteiger partial charge in [-0.05, 0) is 67.7 Å². The van der Waals surface area contributed by atoms with Crippen molar-refractivity contribution in [2.45, 2.75) is 74.0 Å². The Morgan fingerprint density at radius 1 is 0.942 bits per heavy atom. The number of nitrogens with zero attached hydrogens (tertiary/aromatic N) is 4. The Kier molecular flexibility index (Phi) is 10.6. The van der Waals surface area contributed by atoms with Gasteiger partial charge in [-0.15, -0.1) is 4.73 Å². The van der Waals surface area contributed by atoms with Gasteiger partial charge in [0.25, 0.3) is 15.1 Å². The molecule has 278 valence electrons. The summed E-state index contributed by atoms with van der Waals surface area (Å²) >= 11 is 1.49.